The molecule has 2 fully saturated rings. The summed E-state index contributed by atoms with van der Waals surface area (Å²) in [5.41, 5.74) is 1.31. The van der Waals surface area contributed by atoms with E-state index in [-0.39, 0.29) is 6.10 Å². The molecule has 1 aromatic rings. The number of ether oxygens (including phenoxy) is 2. The monoisotopic (exact) mass is 219 g/mol. The minimum absolute atomic E-state index is 0.267. The summed E-state index contributed by atoms with van der Waals surface area (Å²) < 4.78 is 11.4. The van der Waals surface area contributed by atoms with Gasteiger partial charge in [-0.3, -0.25) is 0 Å². The lowest BCUT2D eigenvalue weighted by Crippen LogP contribution is -2.39. The highest BCUT2D eigenvalue weighted by molar-refractivity contribution is 5.14. The van der Waals surface area contributed by atoms with E-state index in [1.165, 1.54) is 5.56 Å². The number of hydrogen-bond donors (Lipinski definition) is 1. The van der Waals surface area contributed by atoms with Gasteiger partial charge < -0.3 is 14.8 Å². The fraction of sp³-hybridized carbons (Fsp3) is 0.538. The van der Waals surface area contributed by atoms with E-state index in [0.717, 1.165) is 26.2 Å². The number of nitrogens with one attached hydrogen (secondary N) is 1. The smallest absolute Gasteiger partial charge is 0.101 e. The molecule has 2 unspecified atom stereocenters. The number of rotatable bonds is 3. The molecule has 2 saturated heterocycles. The lowest BCUT2D eigenvalue weighted by Gasteiger charge is -2.17. The van der Waals surface area contributed by atoms with Crippen molar-refractivity contribution in [3.63, 3.8) is 0 Å². The lowest BCUT2D eigenvalue weighted by molar-refractivity contribution is 0.0682. The van der Waals surface area contributed by atoms with Gasteiger partial charge in [0.25, 0.3) is 0 Å². The van der Waals surface area contributed by atoms with Crippen molar-refractivity contribution < 1.29 is 9.47 Å². The van der Waals surface area contributed by atoms with E-state index in [1.807, 2.05) is 6.07 Å². The summed E-state index contributed by atoms with van der Waals surface area (Å²) in [6, 6.07) is 10.8. The lowest BCUT2D eigenvalue weighted by atomic mass is 10.1. The van der Waals surface area contributed by atoms with Gasteiger partial charge in [-0.25, -0.2) is 0 Å². The Hall–Kier alpha value is -0.900. The van der Waals surface area contributed by atoms with Crippen LogP contribution in [-0.2, 0) is 16.0 Å². The predicted octanol–water partition coefficient (Wildman–Crippen LogP) is 1.33. The second kappa shape index (κ2) is 4.53. The quantitative estimate of drug-likeness (QED) is 0.832. The maximum atomic E-state index is 5.69. The van der Waals surface area contributed by atoms with Gasteiger partial charge in [-0.05, 0) is 12.0 Å². The van der Waals surface area contributed by atoms with Gasteiger partial charge in [0.2, 0.25) is 0 Å². The summed E-state index contributed by atoms with van der Waals surface area (Å²) in [6.45, 7) is 2.52. The van der Waals surface area contributed by atoms with E-state index in [1.54, 1.807) is 0 Å². The van der Waals surface area contributed by atoms with E-state index in [2.05, 4.69) is 29.6 Å². The average Bonchev–Trinajstić information content (AvgIpc) is 2.90. The number of hydrogen-bond acceptors (Lipinski definition) is 3. The molecule has 0 bridgehead atoms. The highest BCUT2D eigenvalue weighted by Crippen LogP contribution is 2.26. The third-order valence-corrected chi connectivity index (χ3v) is 3.38. The molecule has 2 aliphatic heterocycles. The Kier molecular flexibility index (Phi) is 2.91. The van der Waals surface area contributed by atoms with Crippen molar-refractivity contribution in [3.05, 3.63) is 35.9 Å². The van der Waals surface area contributed by atoms with E-state index in [0.29, 0.717) is 12.1 Å². The molecule has 0 amide bonds. The zero-order chi connectivity index (χ0) is 10.8. The van der Waals surface area contributed by atoms with Gasteiger partial charge in [0.05, 0.1) is 18.8 Å². The molecule has 3 atom stereocenters. The van der Waals surface area contributed by atoms with Crippen molar-refractivity contribution in [2.45, 2.75) is 31.2 Å². The van der Waals surface area contributed by atoms with Crippen molar-refractivity contribution in [1.29, 1.82) is 0 Å². The van der Waals surface area contributed by atoms with Crippen molar-refractivity contribution in [2.75, 3.05) is 13.2 Å². The van der Waals surface area contributed by atoms with Crippen molar-refractivity contribution in [1.82, 2.24) is 5.32 Å². The molecule has 0 saturated carbocycles. The first-order chi connectivity index (χ1) is 7.93. The second-order valence-electron chi connectivity index (χ2n) is 4.47. The molecule has 3 rings (SSSR count). The topological polar surface area (TPSA) is 30.5 Å². The second-order valence-corrected chi connectivity index (χ2v) is 4.47. The summed E-state index contributed by atoms with van der Waals surface area (Å²) in [7, 11) is 0. The van der Waals surface area contributed by atoms with E-state index in [4.69, 9.17) is 9.47 Å². The minimum Gasteiger partial charge on any atom is -0.374 e. The van der Waals surface area contributed by atoms with Crippen LogP contribution in [0.5, 0.6) is 0 Å². The van der Waals surface area contributed by atoms with Crippen LogP contribution in [0.25, 0.3) is 0 Å². The highest BCUT2D eigenvalue weighted by atomic mass is 16.6. The molecule has 0 radical (unpaired) electrons. The molecule has 2 aliphatic rings. The molecule has 86 valence electrons. The Labute approximate surface area is 95.8 Å². The SMILES string of the molecule is c1ccc(CN[C@H]2COC3CCOC32)cc1. The van der Waals surface area contributed by atoms with Crippen molar-refractivity contribution >= 4 is 0 Å². The van der Waals surface area contributed by atoms with E-state index >= 15 is 0 Å². The predicted molar refractivity (Wildman–Crippen MR) is 61.2 cm³/mol. The Balaban J connectivity index is 1.56. The first-order valence-electron chi connectivity index (χ1n) is 5.94. The maximum Gasteiger partial charge on any atom is 0.101 e. The fourth-order valence-electron chi connectivity index (χ4n) is 2.49. The molecule has 1 aromatic carbocycles. The van der Waals surface area contributed by atoms with Gasteiger partial charge in [-0.15, -0.1) is 0 Å². The zero-order valence-corrected chi connectivity index (χ0v) is 9.26. The summed E-state index contributed by atoms with van der Waals surface area (Å²) >= 11 is 0. The zero-order valence-electron chi connectivity index (χ0n) is 9.26. The average molecular weight is 219 g/mol. The first-order valence-corrected chi connectivity index (χ1v) is 5.94. The first kappa shape index (κ1) is 10.3. The van der Waals surface area contributed by atoms with E-state index < -0.39 is 0 Å². The maximum absolute atomic E-state index is 5.69. The van der Waals surface area contributed by atoms with Crippen LogP contribution in [0.4, 0.5) is 0 Å². The fourth-order valence-corrected chi connectivity index (χ4v) is 2.49. The van der Waals surface area contributed by atoms with E-state index in [9.17, 15) is 0 Å². The van der Waals surface area contributed by atoms with Crippen LogP contribution in [-0.4, -0.2) is 31.5 Å². The standard InChI is InChI=1S/C13H17NO2/c1-2-4-10(5-3-1)8-14-11-9-16-12-6-7-15-13(11)12/h1-5,11-14H,6-9H2/t11-,12?,13?/m0/s1. The molecule has 0 spiro atoms. The Bertz CT molecular complexity index is 341. The van der Waals surface area contributed by atoms with Gasteiger partial charge in [0.15, 0.2) is 0 Å². The molecular formula is C13H17NO2. The number of benzene rings is 1. The molecule has 3 nitrogen and oxygen atoms in total. The number of fused-ring (bicyclic) bond motifs is 1. The summed E-state index contributed by atoms with van der Waals surface area (Å²) in [4.78, 5) is 0. The van der Waals surface area contributed by atoms with Crippen LogP contribution in [0, 0.1) is 0 Å². The highest BCUT2D eigenvalue weighted by Gasteiger charge is 2.41. The third-order valence-electron chi connectivity index (χ3n) is 3.38. The van der Waals surface area contributed by atoms with Crippen LogP contribution < -0.4 is 5.32 Å². The third kappa shape index (κ3) is 1.98. The minimum atomic E-state index is 0.267. The summed E-state index contributed by atoms with van der Waals surface area (Å²) in [5.74, 6) is 0. The van der Waals surface area contributed by atoms with Crippen LogP contribution in [0.2, 0.25) is 0 Å². The van der Waals surface area contributed by atoms with Crippen LogP contribution in [0.1, 0.15) is 12.0 Å². The van der Waals surface area contributed by atoms with Crippen LogP contribution in [0.15, 0.2) is 30.3 Å². The van der Waals surface area contributed by atoms with Crippen LogP contribution in [0.3, 0.4) is 0 Å². The molecule has 2 heterocycles. The Morgan fingerprint density at radius 2 is 2.06 bits per heavy atom. The molecule has 0 aliphatic carbocycles. The van der Waals surface area contributed by atoms with Crippen molar-refractivity contribution in [3.8, 4) is 0 Å². The molecule has 16 heavy (non-hydrogen) atoms. The van der Waals surface area contributed by atoms with Crippen LogP contribution >= 0.6 is 0 Å². The summed E-state index contributed by atoms with van der Waals surface area (Å²) in [6.07, 6.45) is 1.64. The molecule has 0 aromatic heterocycles. The Morgan fingerprint density at radius 1 is 1.19 bits per heavy atom. The molecule has 3 heteroatoms. The Morgan fingerprint density at radius 3 is 2.94 bits per heavy atom. The largest absolute Gasteiger partial charge is 0.374 e. The van der Waals surface area contributed by atoms with Gasteiger partial charge in [-0.2, -0.15) is 0 Å². The summed E-state index contributed by atoms with van der Waals surface area (Å²) in [5, 5.41) is 3.52. The van der Waals surface area contributed by atoms with Gasteiger partial charge >= 0.3 is 0 Å². The van der Waals surface area contributed by atoms with Crippen molar-refractivity contribution in [2.24, 2.45) is 0 Å². The molecule has 1 N–H and O–H groups in total. The normalized spacial score (nSPS) is 32.9. The van der Waals surface area contributed by atoms with Gasteiger partial charge in [-0.1, -0.05) is 30.3 Å². The van der Waals surface area contributed by atoms with Gasteiger partial charge in [0.1, 0.15) is 6.10 Å². The molecular weight excluding hydrogens is 202 g/mol. The van der Waals surface area contributed by atoms with Gasteiger partial charge in [0, 0.05) is 13.2 Å².